The summed E-state index contributed by atoms with van der Waals surface area (Å²) < 4.78 is 4.68. The Balaban J connectivity index is 1.69. The van der Waals surface area contributed by atoms with E-state index in [2.05, 4.69) is 32.3 Å². The van der Waals surface area contributed by atoms with Crippen LogP contribution in [-0.2, 0) is 11.2 Å². The molecule has 3 aromatic rings. The van der Waals surface area contributed by atoms with E-state index in [-0.39, 0.29) is 5.69 Å². The number of aromatic nitrogens is 2. The van der Waals surface area contributed by atoms with Crippen molar-refractivity contribution in [1.82, 2.24) is 9.97 Å². The standard InChI is InChI=1S/C21H20N4O3/c1-3-14-7-4-5-10-17(14)25-19-13-22-18(12-23-19)20(26)24-16-9-6-8-15(11-16)21(27)28-2/h4-13H,3H2,1-2H3,(H,23,25)(H,24,26). The highest BCUT2D eigenvalue weighted by Gasteiger charge is 2.11. The van der Waals surface area contributed by atoms with Gasteiger partial charge in [0.25, 0.3) is 5.91 Å². The molecule has 2 N–H and O–H groups in total. The van der Waals surface area contributed by atoms with E-state index >= 15 is 0 Å². The molecule has 28 heavy (non-hydrogen) atoms. The summed E-state index contributed by atoms with van der Waals surface area (Å²) in [5, 5.41) is 5.90. The number of benzene rings is 2. The highest BCUT2D eigenvalue weighted by molar-refractivity contribution is 6.03. The van der Waals surface area contributed by atoms with Crippen LogP contribution >= 0.6 is 0 Å². The molecule has 0 spiro atoms. The van der Waals surface area contributed by atoms with Crippen molar-refractivity contribution in [1.29, 1.82) is 0 Å². The number of amides is 1. The molecular weight excluding hydrogens is 356 g/mol. The van der Waals surface area contributed by atoms with Gasteiger partial charge < -0.3 is 15.4 Å². The van der Waals surface area contributed by atoms with E-state index in [1.54, 1.807) is 18.2 Å². The summed E-state index contributed by atoms with van der Waals surface area (Å²) in [4.78, 5) is 32.4. The molecule has 7 nitrogen and oxygen atoms in total. The first kappa shape index (κ1) is 19.0. The molecular formula is C21H20N4O3. The Bertz CT molecular complexity index is 987. The van der Waals surface area contributed by atoms with Gasteiger partial charge in [0, 0.05) is 11.4 Å². The first-order chi connectivity index (χ1) is 13.6. The SMILES string of the molecule is CCc1ccccc1Nc1cnc(C(=O)Nc2cccc(C(=O)OC)c2)cn1. The highest BCUT2D eigenvalue weighted by Crippen LogP contribution is 2.19. The Labute approximate surface area is 162 Å². The van der Waals surface area contributed by atoms with Crippen molar-refractivity contribution < 1.29 is 14.3 Å². The summed E-state index contributed by atoms with van der Waals surface area (Å²) in [6.45, 7) is 2.08. The van der Waals surface area contributed by atoms with Crippen LogP contribution in [0.2, 0.25) is 0 Å². The highest BCUT2D eigenvalue weighted by atomic mass is 16.5. The van der Waals surface area contributed by atoms with Gasteiger partial charge in [-0.2, -0.15) is 0 Å². The number of ether oxygens (including phenoxy) is 1. The maximum atomic E-state index is 12.4. The molecule has 1 heterocycles. The number of hydrogen-bond donors (Lipinski definition) is 2. The molecule has 1 amide bonds. The zero-order valence-electron chi connectivity index (χ0n) is 15.6. The van der Waals surface area contributed by atoms with Crippen molar-refractivity contribution in [3.05, 3.63) is 77.7 Å². The smallest absolute Gasteiger partial charge is 0.337 e. The zero-order chi connectivity index (χ0) is 19.9. The third-order valence-electron chi connectivity index (χ3n) is 4.09. The number of carbonyl (C=O) groups excluding carboxylic acids is 2. The molecule has 1 aromatic heterocycles. The van der Waals surface area contributed by atoms with E-state index in [0.29, 0.717) is 17.1 Å². The molecule has 0 bridgehead atoms. The maximum Gasteiger partial charge on any atom is 0.337 e. The van der Waals surface area contributed by atoms with Gasteiger partial charge in [-0.05, 0) is 36.2 Å². The number of carbonyl (C=O) groups is 2. The average molecular weight is 376 g/mol. The fraction of sp³-hybridized carbons (Fsp3) is 0.143. The van der Waals surface area contributed by atoms with E-state index in [4.69, 9.17) is 0 Å². The Morgan fingerprint density at radius 1 is 1.04 bits per heavy atom. The lowest BCUT2D eigenvalue weighted by atomic mass is 10.1. The monoisotopic (exact) mass is 376 g/mol. The minimum absolute atomic E-state index is 0.165. The quantitative estimate of drug-likeness (QED) is 0.635. The largest absolute Gasteiger partial charge is 0.465 e. The number of aryl methyl sites for hydroxylation is 1. The average Bonchev–Trinajstić information content (AvgIpc) is 2.74. The summed E-state index contributed by atoms with van der Waals surface area (Å²) in [5.41, 5.74) is 3.10. The van der Waals surface area contributed by atoms with Crippen LogP contribution in [0.15, 0.2) is 60.9 Å². The second-order valence-corrected chi connectivity index (χ2v) is 5.95. The van der Waals surface area contributed by atoms with Crippen molar-refractivity contribution in [3.63, 3.8) is 0 Å². The van der Waals surface area contributed by atoms with Gasteiger partial charge in [-0.15, -0.1) is 0 Å². The van der Waals surface area contributed by atoms with Crippen LogP contribution in [0.1, 0.15) is 33.3 Å². The molecule has 0 saturated carbocycles. The second kappa shape index (κ2) is 8.77. The summed E-state index contributed by atoms with van der Waals surface area (Å²) in [7, 11) is 1.30. The number of esters is 1. The number of nitrogens with zero attached hydrogens (tertiary/aromatic N) is 2. The molecule has 0 aliphatic rings. The van der Waals surface area contributed by atoms with Gasteiger partial charge in [0.2, 0.25) is 0 Å². The number of para-hydroxylation sites is 1. The summed E-state index contributed by atoms with van der Waals surface area (Å²) in [6.07, 6.45) is 3.80. The first-order valence-corrected chi connectivity index (χ1v) is 8.77. The van der Waals surface area contributed by atoms with E-state index in [0.717, 1.165) is 17.7 Å². The molecule has 0 unspecified atom stereocenters. The molecule has 7 heteroatoms. The predicted molar refractivity (Wildman–Crippen MR) is 107 cm³/mol. The zero-order valence-corrected chi connectivity index (χ0v) is 15.6. The van der Waals surface area contributed by atoms with Crippen molar-refractivity contribution >= 4 is 29.1 Å². The van der Waals surface area contributed by atoms with Crippen molar-refractivity contribution in [2.45, 2.75) is 13.3 Å². The molecule has 0 atom stereocenters. The topological polar surface area (TPSA) is 93.2 Å². The Kier molecular flexibility index (Phi) is 5.96. The van der Waals surface area contributed by atoms with Crippen molar-refractivity contribution in [3.8, 4) is 0 Å². The van der Waals surface area contributed by atoms with Crippen LogP contribution in [0.25, 0.3) is 0 Å². The lowest BCUT2D eigenvalue weighted by Crippen LogP contribution is -2.15. The molecule has 2 aromatic carbocycles. The van der Waals surface area contributed by atoms with Gasteiger partial charge >= 0.3 is 5.97 Å². The predicted octanol–water partition coefficient (Wildman–Crippen LogP) is 3.82. The molecule has 0 radical (unpaired) electrons. The van der Waals surface area contributed by atoms with Crippen LogP contribution in [0, 0.1) is 0 Å². The minimum atomic E-state index is -0.473. The molecule has 0 aliphatic heterocycles. The van der Waals surface area contributed by atoms with E-state index in [9.17, 15) is 9.59 Å². The van der Waals surface area contributed by atoms with Crippen LogP contribution in [-0.4, -0.2) is 29.0 Å². The van der Waals surface area contributed by atoms with E-state index < -0.39 is 11.9 Å². The number of hydrogen-bond acceptors (Lipinski definition) is 6. The maximum absolute atomic E-state index is 12.4. The Morgan fingerprint density at radius 2 is 1.86 bits per heavy atom. The molecule has 142 valence electrons. The van der Waals surface area contributed by atoms with Crippen LogP contribution in [0.4, 0.5) is 17.2 Å². The fourth-order valence-corrected chi connectivity index (χ4v) is 2.64. The summed E-state index contributed by atoms with van der Waals surface area (Å²) in [5.74, 6) is -0.348. The Morgan fingerprint density at radius 3 is 2.57 bits per heavy atom. The van der Waals surface area contributed by atoms with E-state index in [1.165, 1.54) is 25.6 Å². The lowest BCUT2D eigenvalue weighted by molar-refractivity contribution is 0.0600. The number of methoxy groups -OCH3 is 1. The van der Waals surface area contributed by atoms with Gasteiger partial charge in [-0.25, -0.2) is 14.8 Å². The molecule has 3 rings (SSSR count). The molecule has 0 fully saturated rings. The third-order valence-corrected chi connectivity index (χ3v) is 4.09. The van der Waals surface area contributed by atoms with Gasteiger partial charge in [-0.1, -0.05) is 31.2 Å². The van der Waals surface area contributed by atoms with Gasteiger partial charge in [0.15, 0.2) is 0 Å². The molecule has 0 saturated heterocycles. The minimum Gasteiger partial charge on any atom is -0.465 e. The van der Waals surface area contributed by atoms with Crippen LogP contribution < -0.4 is 10.6 Å². The van der Waals surface area contributed by atoms with Gasteiger partial charge in [0.1, 0.15) is 11.5 Å². The Hall–Kier alpha value is -3.74. The third kappa shape index (κ3) is 4.50. The second-order valence-electron chi connectivity index (χ2n) is 5.95. The number of nitrogens with one attached hydrogen (secondary N) is 2. The van der Waals surface area contributed by atoms with Crippen LogP contribution in [0.5, 0.6) is 0 Å². The first-order valence-electron chi connectivity index (χ1n) is 8.77. The fourth-order valence-electron chi connectivity index (χ4n) is 2.64. The molecule has 0 aliphatic carbocycles. The summed E-state index contributed by atoms with van der Waals surface area (Å²) >= 11 is 0. The van der Waals surface area contributed by atoms with Crippen molar-refractivity contribution in [2.24, 2.45) is 0 Å². The normalized spacial score (nSPS) is 10.2. The number of anilines is 3. The van der Waals surface area contributed by atoms with E-state index in [1.807, 2.05) is 24.3 Å². The summed E-state index contributed by atoms with van der Waals surface area (Å²) in [6, 6.07) is 14.4. The van der Waals surface area contributed by atoms with Crippen LogP contribution in [0.3, 0.4) is 0 Å². The van der Waals surface area contributed by atoms with Crippen molar-refractivity contribution in [2.75, 3.05) is 17.7 Å². The van der Waals surface area contributed by atoms with Gasteiger partial charge in [0.05, 0.1) is 25.1 Å². The lowest BCUT2D eigenvalue weighted by Gasteiger charge is -2.10. The van der Waals surface area contributed by atoms with Gasteiger partial charge in [-0.3, -0.25) is 4.79 Å². The number of rotatable bonds is 6.